The Bertz CT molecular complexity index is 288. The van der Waals surface area contributed by atoms with Gasteiger partial charge in [-0.2, -0.15) is 0 Å². The highest BCUT2D eigenvalue weighted by molar-refractivity contribution is 7.11. The molecule has 0 aliphatic rings. The van der Waals surface area contributed by atoms with Gasteiger partial charge in [-0.15, -0.1) is 11.3 Å². The van der Waals surface area contributed by atoms with Crippen molar-refractivity contribution in [1.82, 2.24) is 9.88 Å². The van der Waals surface area contributed by atoms with Crippen molar-refractivity contribution in [3.63, 3.8) is 0 Å². The van der Waals surface area contributed by atoms with Crippen molar-refractivity contribution in [3.05, 3.63) is 16.1 Å². The Morgan fingerprint density at radius 3 is 2.75 bits per heavy atom. The number of aliphatic hydroxyl groups is 1. The van der Waals surface area contributed by atoms with E-state index in [2.05, 4.69) is 16.8 Å². The molecule has 0 atom stereocenters. The average Bonchev–Trinajstić information content (AvgIpc) is 2.65. The molecule has 1 aromatic heterocycles. The zero-order chi connectivity index (χ0) is 11.8. The molecule has 16 heavy (non-hydrogen) atoms. The summed E-state index contributed by atoms with van der Waals surface area (Å²) in [5.41, 5.74) is 0. The Morgan fingerprint density at radius 1 is 1.38 bits per heavy atom. The SMILES string of the molecule is CCCCCN(CCO)Cc1cnc(C)s1. The molecule has 0 unspecified atom stereocenters. The summed E-state index contributed by atoms with van der Waals surface area (Å²) in [6, 6.07) is 0. The fourth-order valence-electron chi connectivity index (χ4n) is 1.70. The van der Waals surface area contributed by atoms with Crippen molar-refractivity contribution >= 4 is 11.3 Å². The van der Waals surface area contributed by atoms with Crippen molar-refractivity contribution in [2.45, 2.75) is 39.7 Å². The van der Waals surface area contributed by atoms with E-state index in [-0.39, 0.29) is 6.61 Å². The topological polar surface area (TPSA) is 36.4 Å². The molecule has 0 aromatic carbocycles. The van der Waals surface area contributed by atoms with Gasteiger partial charge in [-0.1, -0.05) is 19.8 Å². The summed E-state index contributed by atoms with van der Waals surface area (Å²) in [7, 11) is 0. The Labute approximate surface area is 102 Å². The molecule has 0 aliphatic carbocycles. The maximum absolute atomic E-state index is 9.02. The smallest absolute Gasteiger partial charge is 0.0897 e. The van der Waals surface area contributed by atoms with E-state index in [9.17, 15) is 0 Å². The highest BCUT2D eigenvalue weighted by Crippen LogP contribution is 2.14. The van der Waals surface area contributed by atoms with E-state index in [0.717, 1.165) is 24.6 Å². The molecule has 0 aliphatic heterocycles. The van der Waals surface area contributed by atoms with E-state index in [1.807, 2.05) is 13.1 Å². The first-order valence-electron chi connectivity index (χ1n) is 6.00. The van der Waals surface area contributed by atoms with Crippen LogP contribution in [0.2, 0.25) is 0 Å². The molecule has 92 valence electrons. The fourth-order valence-corrected chi connectivity index (χ4v) is 2.53. The van der Waals surface area contributed by atoms with Crippen molar-refractivity contribution < 1.29 is 5.11 Å². The van der Waals surface area contributed by atoms with Gasteiger partial charge in [0.1, 0.15) is 0 Å². The number of aromatic nitrogens is 1. The number of hydrogen-bond acceptors (Lipinski definition) is 4. The van der Waals surface area contributed by atoms with Crippen LogP contribution in [0.4, 0.5) is 0 Å². The fraction of sp³-hybridized carbons (Fsp3) is 0.750. The Morgan fingerprint density at radius 2 is 2.19 bits per heavy atom. The highest BCUT2D eigenvalue weighted by Gasteiger charge is 2.07. The minimum absolute atomic E-state index is 0.240. The number of thiazole rings is 1. The summed E-state index contributed by atoms with van der Waals surface area (Å²) < 4.78 is 0. The van der Waals surface area contributed by atoms with Crippen LogP contribution >= 0.6 is 11.3 Å². The highest BCUT2D eigenvalue weighted by atomic mass is 32.1. The number of aryl methyl sites for hydroxylation is 1. The van der Waals surface area contributed by atoms with Crippen LogP contribution in [0.15, 0.2) is 6.20 Å². The van der Waals surface area contributed by atoms with Crippen molar-refractivity contribution in [1.29, 1.82) is 0 Å². The molecule has 0 radical (unpaired) electrons. The lowest BCUT2D eigenvalue weighted by Gasteiger charge is -2.19. The summed E-state index contributed by atoms with van der Waals surface area (Å²) in [5.74, 6) is 0. The normalized spacial score (nSPS) is 11.2. The lowest BCUT2D eigenvalue weighted by Crippen LogP contribution is -2.27. The van der Waals surface area contributed by atoms with Crippen LogP contribution < -0.4 is 0 Å². The molecule has 4 heteroatoms. The summed E-state index contributed by atoms with van der Waals surface area (Å²) in [4.78, 5) is 7.86. The molecule has 1 rings (SSSR count). The second-order valence-corrected chi connectivity index (χ2v) is 5.37. The van der Waals surface area contributed by atoms with Crippen molar-refractivity contribution in [2.75, 3.05) is 19.7 Å². The molecule has 1 N–H and O–H groups in total. The number of aliphatic hydroxyl groups excluding tert-OH is 1. The summed E-state index contributed by atoms with van der Waals surface area (Å²) in [5, 5.41) is 10.1. The second kappa shape index (κ2) is 7.76. The molecule has 0 saturated heterocycles. The third-order valence-electron chi connectivity index (χ3n) is 2.54. The second-order valence-electron chi connectivity index (χ2n) is 4.05. The van der Waals surface area contributed by atoms with Crippen LogP contribution in [0.3, 0.4) is 0 Å². The Balaban J connectivity index is 2.37. The van der Waals surface area contributed by atoms with Crippen molar-refractivity contribution in [2.24, 2.45) is 0 Å². The van der Waals surface area contributed by atoms with Gasteiger partial charge in [-0.25, -0.2) is 4.98 Å². The minimum Gasteiger partial charge on any atom is -0.395 e. The van der Waals surface area contributed by atoms with Gasteiger partial charge in [0, 0.05) is 24.2 Å². The van der Waals surface area contributed by atoms with Gasteiger partial charge in [0.15, 0.2) is 0 Å². The summed E-state index contributed by atoms with van der Waals surface area (Å²) >= 11 is 1.75. The van der Waals surface area contributed by atoms with E-state index < -0.39 is 0 Å². The van der Waals surface area contributed by atoms with Gasteiger partial charge < -0.3 is 5.11 Å². The van der Waals surface area contributed by atoms with Crippen molar-refractivity contribution in [3.8, 4) is 0 Å². The quantitative estimate of drug-likeness (QED) is 0.711. The minimum atomic E-state index is 0.240. The molecule has 1 heterocycles. The number of rotatable bonds is 8. The van der Waals surface area contributed by atoms with Gasteiger partial charge in [-0.3, -0.25) is 4.90 Å². The van der Waals surface area contributed by atoms with E-state index in [0.29, 0.717) is 0 Å². The lowest BCUT2D eigenvalue weighted by molar-refractivity contribution is 0.188. The largest absolute Gasteiger partial charge is 0.395 e. The zero-order valence-electron chi connectivity index (χ0n) is 10.3. The number of hydrogen-bond donors (Lipinski definition) is 1. The van der Waals surface area contributed by atoms with Gasteiger partial charge in [-0.05, 0) is 19.9 Å². The number of nitrogens with zero attached hydrogens (tertiary/aromatic N) is 2. The first kappa shape index (κ1) is 13.6. The molecule has 0 saturated carbocycles. The maximum atomic E-state index is 9.02. The third kappa shape index (κ3) is 5.05. The zero-order valence-corrected chi connectivity index (χ0v) is 11.1. The monoisotopic (exact) mass is 242 g/mol. The number of unbranched alkanes of at least 4 members (excludes halogenated alkanes) is 2. The van der Waals surface area contributed by atoms with Crippen LogP contribution in [0, 0.1) is 6.92 Å². The molecular weight excluding hydrogens is 220 g/mol. The summed E-state index contributed by atoms with van der Waals surface area (Å²) in [6.07, 6.45) is 5.68. The van der Waals surface area contributed by atoms with Crippen LogP contribution in [0.1, 0.15) is 36.1 Å². The van der Waals surface area contributed by atoms with E-state index in [4.69, 9.17) is 5.11 Å². The van der Waals surface area contributed by atoms with Gasteiger partial charge in [0.2, 0.25) is 0 Å². The predicted octanol–water partition coefficient (Wildman–Crippen LogP) is 2.44. The van der Waals surface area contributed by atoms with E-state index in [1.54, 1.807) is 11.3 Å². The molecule has 3 nitrogen and oxygen atoms in total. The first-order chi connectivity index (χ1) is 7.76. The molecule has 1 aromatic rings. The van der Waals surface area contributed by atoms with Gasteiger partial charge in [0.25, 0.3) is 0 Å². The predicted molar refractivity (Wildman–Crippen MR) is 68.7 cm³/mol. The van der Waals surface area contributed by atoms with Crippen LogP contribution in [-0.2, 0) is 6.54 Å². The first-order valence-corrected chi connectivity index (χ1v) is 6.82. The van der Waals surface area contributed by atoms with Crippen LogP contribution in [0.5, 0.6) is 0 Å². The van der Waals surface area contributed by atoms with Crippen LogP contribution in [-0.4, -0.2) is 34.7 Å². The van der Waals surface area contributed by atoms with Gasteiger partial charge >= 0.3 is 0 Å². The van der Waals surface area contributed by atoms with Gasteiger partial charge in [0.05, 0.1) is 11.6 Å². The third-order valence-corrected chi connectivity index (χ3v) is 3.44. The molecule has 0 amide bonds. The lowest BCUT2D eigenvalue weighted by atomic mass is 10.2. The van der Waals surface area contributed by atoms with E-state index in [1.165, 1.54) is 24.1 Å². The maximum Gasteiger partial charge on any atom is 0.0897 e. The molecular formula is C12H22N2OS. The summed E-state index contributed by atoms with van der Waals surface area (Å²) in [6.45, 7) is 7.25. The Kier molecular flexibility index (Phi) is 6.61. The molecule has 0 spiro atoms. The molecule has 0 fully saturated rings. The molecule has 0 bridgehead atoms. The Hall–Kier alpha value is -0.450. The van der Waals surface area contributed by atoms with Crippen LogP contribution in [0.25, 0.3) is 0 Å². The van der Waals surface area contributed by atoms with E-state index >= 15 is 0 Å². The average molecular weight is 242 g/mol. The standard InChI is InChI=1S/C12H22N2OS/c1-3-4-5-6-14(7-8-15)10-12-9-13-11(2)16-12/h9,15H,3-8,10H2,1-2H3.